The largest absolute Gasteiger partial charge is 0.296 e. The van der Waals surface area contributed by atoms with Gasteiger partial charge in [0, 0.05) is 11.1 Å². The molecule has 1 aliphatic heterocycles. The fourth-order valence-electron chi connectivity index (χ4n) is 3.29. The Morgan fingerprint density at radius 3 is 2.19 bits per heavy atom. The Bertz CT molecular complexity index is 480. The zero-order valence-corrected chi connectivity index (χ0v) is 14.7. The van der Waals surface area contributed by atoms with Crippen LogP contribution in [-0.4, -0.2) is 28.0 Å². The van der Waals surface area contributed by atoms with Crippen molar-refractivity contribution in [2.24, 2.45) is 0 Å². The molecule has 0 amide bonds. The lowest BCUT2D eigenvalue weighted by Gasteiger charge is -2.28. The molecule has 3 nitrogen and oxygen atoms in total. The highest BCUT2D eigenvalue weighted by Gasteiger charge is 2.25. The smallest absolute Gasteiger partial charge is 0.142 e. The van der Waals surface area contributed by atoms with E-state index in [0.29, 0.717) is 5.92 Å². The van der Waals surface area contributed by atoms with Crippen molar-refractivity contribution in [1.82, 2.24) is 14.9 Å². The molecule has 3 heteroatoms. The Morgan fingerprint density at radius 1 is 1.05 bits per heavy atom. The quantitative estimate of drug-likeness (QED) is 0.835. The molecular weight excluding hydrogens is 258 g/mol. The van der Waals surface area contributed by atoms with E-state index in [4.69, 9.17) is 9.97 Å². The normalized spacial score (nSPS) is 17.5. The van der Waals surface area contributed by atoms with E-state index in [1.807, 2.05) is 0 Å². The molecule has 2 rings (SSSR count). The van der Waals surface area contributed by atoms with Crippen molar-refractivity contribution in [2.45, 2.75) is 78.7 Å². The van der Waals surface area contributed by atoms with Crippen LogP contribution in [0.5, 0.6) is 0 Å². The van der Waals surface area contributed by atoms with Crippen LogP contribution in [0.15, 0.2) is 0 Å². The molecule has 21 heavy (non-hydrogen) atoms. The molecule has 1 aromatic heterocycles. The first-order valence-corrected chi connectivity index (χ1v) is 8.39. The third-order valence-corrected chi connectivity index (χ3v) is 4.28. The van der Waals surface area contributed by atoms with Gasteiger partial charge in [-0.3, -0.25) is 4.90 Å². The van der Waals surface area contributed by atoms with Crippen LogP contribution in [0.3, 0.4) is 0 Å². The van der Waals surface area contributed by atoms with Gasteiger partial charge in [-0.1, -0.05) is 41.0 Å². The molecule has 0 radical (unpaired) electrons. The fourth-order valence-corrected chi connectivity index (χ4v) is 3.29. The van der Waals surface area contributed by atoms with Crippen molar-refractivity contribution in [3.8, 4) is 0 Å². The summed E-state index contributed by atoms with van der Waals surface area (Å²) >= 11 is 0. The molecule has 0 N–H and O–H groups in total. The number of likely N-dealkylation sites (tertiary alicyclic amines) is 1. The SMILES string of the molecule is Cc1nc(CN2CCCCC2)nc(C(C)(C)C)c1C(C)C. The number of hydrogen-bond donors (Lipinski definition) is 0. The van der Waals surface area contributed by atoms with E-state index in [9.17, 15) is 0 Å². The summed E-state index contributed by atoms with van der Waals surface area (Å²) in [6.07, 6.45) is 4.00. The highest BCUT2D eigenvalue weighted by molar-refractivity contribution is 5.33. The highest BCUT2D eigenvalue weighted by Crippen LogP contribution is 2.30. The second kappa shape index (κ2) is 6.43. The second-order valence-corrected chi connectivity index (χ2v) is 7.73. The van der Waals surface area contributed by atoms with E-state index in [1.165, 1.54) is 43.6 Å². The van der Waals surface area contributed by atoms with Crippen molar-refractivity contribution in [3.63, 3.8) is 0 Å². The van der Waals surface area contributed by atoms with Crippen molar-refractivity contribution >= 4 is 0 Å². The van der Waals surface area contributed by atoms with E-state index in [2.05, 4.69) is 46.4 Å². The summed E-state index contributed by atoms with van der Waals surface area (Å²) in [7, 11) is 0. The number of aryl methyl sites for hydroxylation is 1. The fraction of sp³-hybridized carbons (Fsp3) is 0.778. The molecule has 1 aromatic rings. The Balaban J connectivity index is 2.33. The van der Waals surface area contributed by atoms with E-state index in [-0.39, 0.29) is 5.41 Å². The van der Waals surface area contributed by atoms with Crippen molar-refractivity contribution in [2.75, 3.05) is 13.1 Å². The van der Waals surface area contributed by atoms with Gasteiger partial charge < -0.3 is 0 Å². The zero-order valence-electron chi connectivity index (χ0n) is 14.7. The second-order valence-electron chi connectivity index (χ2n) is 7.73. The number of aromatic nitrogens is 2. The van der Waals surface area contributed by atoms with Crippen LogP contribution in [-0.2, 0) is 12.0 Å². The predicted molar refractivity (Wildman–Crippen MR) is 88.7 cm³/mol. The monoisotopic (exact) mass is 289 g/mol. The van der Waals surface area contributed by atoms with E-state index >= 15 is 0 Å². The first-order chi connectivity index (χ1) is 9.79. The number of hydrogen-bond acceptors (Lipinski definition) is 3. The maximum absolute atomic E-state index is 4.97. The van der Waals surface area contributed by atoms with E-state index in [1.54, 1.807) is 0 Å². The summed E-state index contributed by atoms with van der Waals surface area (Å²) in [5.74, 6) is 1.48. The summed E-state index contributed by atoms with van der Waals surface area (Å²) in [6.45, 7) is 16.7. The minimum absolute atomic E-state index is 0.0734. The van der Waals surface area contributed by atoms with Gasteiger partial charge in [-0.05, 0) is 44.3 Å². The van der Waals surface area contributed by atoms with Gasteiger partial charge in [-0.25, -0.2) is 9.97 Å². The van der Waals surface area contributed by atoms with E-state index in [0.717, 1.165) is 18.1 Å². The predicted octanol–water partition coefficient (Wildman–Crippen LogP) is 4.19. The highest BCUT2D eigenvalue weighted by atomic mass is 15.1. The zero-order chi connectivity index (χ0) is 15.6. The number of nitrogens with zero attached hydrogens (tertiary/aromatic N) is 3. The maximum Gasteiger partial charge on any atom is 0.142 e. The average molecular weight is 289 g/mol. The molecule has 0 aliphatic carbocycles. The van der Waals surface area contributed by atoms with Gasteiger partial charge in [0.2, 0.25) is 0 Å². The van der Waals surface area contributed by atoms with Crippen LogP contribution in [0.2, 0.25) is 0 Å². The molecule has 0 spiro atoms. The van der Waals surface area contributed by atoms with Crippen LogP contribution in [0, 0.1) is 6.92 Å². The van der Waals surface area contributed by atoms with Crippen LogP contribution >= 0.6 is 0 Å². The molecule has 118 valence electrons. The Labute approximate surface area is 130 Å². The van der Waals surface area contributed by atoms with Gasteiger partial charge in [-0.2, -0.15) is 0 Å². The lowest BCUT2D eigenvalue weighted by molar-refractivity contribution is 0.215. The van der Waals surface area contributed by atoms with Gasteiger partial charge in [-0.15, -0.1) is 0 Å². The molecule has 0 atom stereocenters. The molecule has 2 heterocycles. The number of rotatable bonds is 3. The topological polar surface area (TPSA) is 29.0 Å². The van der Waals surface area contributed by atoms with Gasteiger partial charge in [0.1, 0.15) is 5.82 Å². The Hall–Kier alpha value is -0.960. The summed E-state index contributed by atoms with van der Waals surface area (Å²) in [5, 5.41) is 0. The Kier molecular flexibility index (Phi) is 5.03. The van der Waals surface area contributed by atoms with Gasteiger partial charge in [0.25, 0.3) is 0 Å². The lowest BCUT2D eigenvalue weighted by atomic mass is 9.84. The molecule has 1 aliphatic rings. The summed E-state index contributed by atoms with van der Waals surface area (Å²) in [6, 6.07) is 0. The third-order valence-electron chi connectivity index (χ3n) is 4.28. The minimum Gasteiger partial charge on any atom is -0.296 e. The minimum atomic E-state index is 0.0734. The van der Waals surface area contributed by atoms with Gasteiger partial charge in [0.15, 0.2) is 0 Å². The summed E-state index contributed by atoms with van der Waals surface area (Å²) < 4.78 is 0. The molecule has 0 saturated carbocycles. The Morgan fingerprint density at radius 2 is 1.67 bits per heavy atom. The molecule has 0 bridgehead atoms. The molecular formula is C18H31N3. The summed E-state index contributed by atoms with van der Waals surface area (Å²) in [5.41, 5.74) is 3.81. The molecule has 0 aromatic carbocycles. The van der Waals surface area contributed by atoms with Gasteiger partial charge in [0.05, 0.1) is 12.2 Å². The van der Waals surface area contributed by atoms with Crippen LogP contribution < -0.4 is 0 Å². The summed E-state index contributed by atoms with van der Waals surface area (Å²) in [4.78, 5) is 12.3. The van der Waals surface area contributed by atoms with Crippen LogP contribution in [0.4, 0.5) is 0 Å². The lowest BCUT2D eigenvalue weighted by Crippen LogP contribution is -2.31. The van der Waals surface area contributed by atoms with Crippen molar-refractivity contribution in [1.29, 1.82) is 0 Å². The van der Waals surface area contributed by atoms with Gasteiger partial charge >= 0.3 is 0 Å². The van der Waals surface area contributed by atoms with Crippen LogP contribution in [0.25, 0.3) is 0 Å². The average Bonchev–Trinajstić information content (AvgIpc) is 2.37. The first kappa shape index (κ1) is 16.4. The maximum atomic E-state index is 4.97. The molecule has 1 saturated heterocycles. The standard InChI is InChI=1S/C18H31N3/c1-13(2)16-14(3)19-15(20-17(16)18(4,5)6)12-21-10-8-7-9-11-21/h13H,7-12H2,1-6H3. The molecule has 0 unspecified atom stereocenters. The van der Waals surface area contributed by atoms with Crippen molar-refractivity contribution < 1.29 is 0 Å². The molecule has 1 fully saturated rings. The first-order valence-electron chi connectivity index (χ1n) is 8.39. The van der Waals surface area contributed by atoms with Crippen molar-refractivity contribution in [3.05, 3.63) is 22.8 Å². The van der Waals surface area contributed by atoms with E-state index < -0.39 is 0 Å². The number of piperidine rings is 1. The third kappa shape index (κ3) is 4.03. The van der Waals surface area contributed by atoms with Crippen LogP contribution in [0.1, 0.15) is 82.6 Å².